The Bertz CT molecular complexity index is 629. The van der Waals surface area contributed by atoms with Crippen LogP contribution >= 0.6 is 11.6 Å². The van der Waals surface area contributed by atoms with Gasteiger partial charge < -0.3 is 15.5 Å². The van der Waals surface area contributed by atoms with Gasteiger partial charge in [-0.2, -0.15) is 10.2 Å². The molecule has 3 rings (SSSR count). The van der Waals surface area contributed by atoms with Crippen molar-refractivity contribution in [2.75, 3.05) is 6.61 Å². The van der Waals surface area contributed by atoms with Gasteiger partial charge in [0, 0.05) is 37.1 Å². The number of nitrogens with one attached hydrogen (secondary N) is 1. The summed E-state index contributed by atoms with van der Waals surface area (Å²) in [7, 11) is 0. The maximum Gasteiger partial charge on any atom is 0.0785 e. The highest BCUT2D eigenvalue weighted by molar-refractivity contribution is 6.30. The summed E-state index contributed by atoms with van der Waals surface area (Å²) in [5.74, 6) is 0.385. The lowest BCUT2D eigenvalue weighted by atomic mass is 10.1. The monoisotopic (exact) mass is 339 g/mol. The zero-order chi connectivity index (χ0) is 16.2. The van der Waals surface area contributed by atoms with Gasteiger partial charge in [-0.05, 0) is 18.8 Å². The van der Waals surface area contributed by atoms with Gasteiger partial charge in [-0.15, -0.1) is 0 Å². The minimum absolute atomic E-state index is 0.0761. The minimum Gasteiger partial charge on any atom is -0.394 e. The Morgan fingerprint density at radius 1 is 1.22 bits per heavy atom. The molecule has 0 amide bonds. The molecule has 1 fully saturated rings. The van der Waals surface area contributed by atoms with Gasteiger partial charge in [0.05, 0.1) is 36.7 Å². The van der Waals surface area contributed by atoms with Crippen LogP contribution in [-0.4, -0.2) is 48.5 Å². The number of nitrogens with zero attached hydrogens (tertiary/aromatic N) is 4. The van der Waals surface area contributed by atoms with Crippen LogP contribution in [0.4, 0.5) is 0 Å². The maximum atomic E-state index is 10.2. The Morgan fingerprint density at radius 3 is 2.78 bits per heavy atom. The van der Waals surface area contributed by atoms with Crippen molar-refractivity contribution in [3.8, 4) is 0 Å². The van der Waals surface area contributed by atoms with Crippen molar-refractivity contribution in [1.29, 1.82) is 0 Å². The molecule has 7 nitrogen and oxygen atoms in total. The third-order valence-electron chi connectivity index (χ3n) is 4.26. The number of hydrogen-bond acceptors (Lipinski definition) is 5. The van der Waals surface area contributed by atoms with Crippen LogP contribution in [-0.2, 0) is 19.6 Å². The van der Waals surface area contributed by atoms with Crippen molar-refractivity contribution in [3.05, 3.63) is 35.4 Å². The van der Waals surface area contributed by atoms with E-state index in [4.69, 9.17) is 16.7 Å². The molecule has 2 aromatic heterocycles. The van der Waals surface area contributed by atoms with E-state index < -0.39 is 0 Å². The number of rotatable bonds is 7. The summed E-state index contributed by atoms with van der Waals surface area (Å²) in [6, 6.07) is 0.0761. The van der Waals surface area contributed by atoms with Gasteiger partial charge in [-0.3, -0.25) is 9.36 Å². The Hall–Kier alpha value is -1.41. The molecular weight excluding hydrogens is 318 g/mol. The second-order valence-electron chi connectivity index (χ2n) is 6.11. The summed E-state index contributed by atoms with van der Waals surface area (Å²) >= 11 is 5.88. The van der Waals surface area contributed by atoms with Crippen LogP contribution in [0.5, 0.6) is 0 Å². The minimum atomic E-state index is -0.349. The average molecular weight is 340 g/mol. The molecule has 0 saturated heterocycles. The van der Waals surface area contributed by atoms with E-state index >= 15 is 0 Å². The summed E-state index contributed by atoms with van der Waals surface area (Å²) in [5, 5.41) is 31.5. The smallest absolute Gasteiger partial charge is 0.0785 e. The first kappa shape index (κ1) is 16.4. The lowest BCUT2D eigenvalue weighted by Gasteiger charge is -2.15. The second-order valence-corrected chi connectivity index (χ2v) is 6.54. The van der Waals surface area contributed by atoms with Crippen LogP contribution < -0.4 is 5.32 Å². The summed E-state index contributed by atoms with van der Waals surface area (Å²) in [4.78, 5) is 0. The molecule has 1 unspecified atom stereocenters. The first-order valence-corrected chi connectivity index (χ1v) is 8.23. The first-order valence-electron chi connectivity index (χ1n) is 7.85. The fourth-order valence-corrected chi connectivity index (χ4v) is 3.32. The average Bonchev–Trinajstić information content (AvgIpc) is 3.20. The second kappa shape index (κ2) is 7.44. The molecule has 126 valence electrons. The lowest BCUT2D eigenvalue weighted by molar-refractivity contribution is 0.145. The van der Waals surface area contributed by atoms with E-state index in [9.17, 15) is 5.11 Å². The van der Waals surface area contributed by atoms with Crippen LogP contribution in [0.25, 0.3) is 0 Å². The van der Waals surface area contributed by atoms with Crippen molar-refractivity contribution >= 4 is 11.6 Å². The summed E-state index contributed by atoms with van der Waals surface area (Å²) in [5.41, 5.74) is 1.05. The largest absolute Gasteiger partial charge is 0.394 e. The quantitative estimate of drug-likeness (QED) is 0.689. The van der Waals surface area contributed by atoms with E-state index in [1.54, 1.807) is 17.1 Å². The topological polar surface area (TPSA) is 88.1 Å². The number of aliphatic hydroxyl groups is 2. The summed E-state index contributed by atoms with van der Waals surface area (Å²) in [6.45, 7) is 2.01. The third kappa shape index (κ3) is 4.32. The van der Waals surface area contributed by atoms with Crippen molar-refractivity contribution in [2.24, 2.45) is 5.92 Å². The number of aromatic nitrogens is 4. The highest BCUT2D eigenvalue weighted by Gasteiger charge is 2.32. The normalized spacial score (nSPS) is 24.4. The maximum absolute atomic E-state index is 10.2. The Labute approximate surface area is 139 Å². The highest BCUT2D eigenvalue weighted by atomic mass is 35.5. The van der Waals surface area contributed by atoms with E-state index in [1.165, 1.54) is 0 Å². The number of halogens is 1. The Kier molecular flexibility index (Phi) is 5.32. The molecule has 0 spiro atoms. The predicted octanol–water partition coefficient (Wildman–Crippen LogP) is 0.655. The van der Waals surface area contributed by atoms with E-state index in [1.807, 2.05) is 17.1 Å². The fraction of sp³-hybridized carbons (Fsp3) is 0.600. The van der Waals surface area contributed by atoms with Gasteiger partial charge in [0.2, 0.25) is 0 Å². The van der Waals surface area contributed by atoms with E-state index in [0.29, 0.717) is 24.0 Å². The van der Waals surface area contributed by atoms with Crippen LogP contribution in [0.1, 0.15) is 18.4 Å². The summed E-state index contributed by atoms with van der Waals surface area (Å²) in [6.07, 6.45) is 8.46. The van der Waals surface area contributed by atoms with Crippen LogP contribution in [0, 0.1) is 5.92 Å². The van der Waals surface area contributed by atoms with Gasteiger partial charge in [0.1, 0.15) is 0 Å². The molecule has 3 N–H and O–H groups in total. The van der Waals surface area contributed by atoms with Crippen LogP contribution in [0.3, 0.4) is 0 Å². The molecule has 23 heavy (non-hydrogen) atoms. The molecule has 3 atom stereocenters. The molecule has 0 aromatic carbocycles. The SMILES string of the molecule is OCCn1cc(CN[C@@H]2CC(Cn3cc(Cl)cn3)C[C@H]2O)cn1. The van der Waals surface area contributed by atoms with Crippen molar-refractivity contribution in [2.45, 2.75) is 44.6 Å². The van der Waals surface area contributed by atoms with Crippen molar-refractivity contribution in [1.82, 2.24) is 24.9 Å². The highest BCUT2D eigenvalue weighted by Crippen LogP contribution is 2.28. The van der Waals surface area contributed by atoms with Crippen LogP contribution in [0.15, 0.2) is 24.8 Å². The van der Waals surface area contributed by atoms with Crippen LogP contribution in [0.2, 0.25) is 5.02 Å². The predicted molar refractivity (Wildman–Crippen MR) is 85.9 cm³/mol. The first-order chi connectivity index (χ1) is 11.1. The zero-order valence-corrected chi connectivity index (χ0v) is 13.6. The van der Waals surface area contributed by atoms with Gasteiger partial charge in [-0.1, -0.05) is 11.6 Å². The molecule has 0 aliphatic heterocycles. The van der Waals surface area contributed by atoms with E-state index in [0.717, 1.165) is 24.9 Å². The molecule has 1 aliphatic carbocycles. The van der Waals surface area contributed by atoms with Crippen molar-refractivity contribution in [3.63, 3.8) is 0 Å². The standard InChI is InChI=1S/C15H22ClN5O2/c16-13-7-19-21(10-13)8-11-3-14(15(23)4-11)17-5-12-6-18-20(9-12)1-2-22/h6-7,9-11,14-15,17,22-23H,1-5,8H2/t11?,14-,15-/m1/s1. The molecule has 2 heterocycles. The molecule has 1 aliphatic rings. The molecule has 0 radical (unpaired) electrons. The zero-order valence-electron chi connectivity index (χ0n) is 12.8. The van der Waals surface area contributed by atoms with Crippen molar-refractivity contribution < 1.29 is 10.2 Å². The Balaban J connectivity index is 1.48. The van der Waals surface area contributed by atoms with E-state index in [2.05, 4.69) is 15.5 Å². The number of hydrogen-bond donors (Lipinski definition) is 3. The molecule has 2 aromatic rings. The Morgan fingerprint density at radius 2 is 2.04 bits per heavy atom. The fourth-order valence-electron chi connectivity index (χ4n) is 3.16. The molecule has 0 bridgehead atoms. The van der Waals surface area contributed by atoms with Gasteiger partial charge in [0.15, 0.2) is 0 Å². The molecule has 1 saturated carbocycles. The van der Waals surface area contributed by atoms with E-state index in [-0.39, 0.29) is 18.8 Å². The lowest BCUT2D eigenvalue weighted by Crippen LogP contribution is -2.35. The van der Waals surface area contributed by atoms with Gasteiger partial charge >= 0.3 is 0 Å². The third-order valence-corrected chi connectivity index (χ3v) is 4.45. The van der Waals surface area contributed by atoms with Gasteiger partial charge in [0.25, 0.3) is 0 Å². The number of aliphatic hydroxyl groups excluding tert-OH is 2. The summed E-state index contributed by atoms with van der Waals surface area (Å²) < 4.78 is 3.55. The molecular formula is C15H22ClN5O2. The molecule has 8 heteroatoms. The van der Waals surface area contributed by atoms with Gasteiger partial charge in [-0.25, -0.2) is 0 Å².